The van der Waals surface area contributed by atoms with E-state index in [1.54, 1.807) is 23.1 Å². The number of benzene rings is 1. The van der Waals surface area contributed by atoms with E-state index in [4.69, 9.17) is 23.2 Å². The van der Waals surface area contributed by atoms with Gasteiger partial charge in [0.2, 0.25) is 15.9 Å². The molecule has 1 atom stereocenters. The van der Waals surface area contributed by atoms with Gasteiger partial charge >= 0.3 is 0 Å². The van der Waals surface area contributed by atoms with Crippen molar-refractivity contribution in [2.45, 2.75) is 32.4 Å². The number of halogens is 2. The zero-order valence-corrected chi connectivity index (χ0v) is 16.9. The number of hydrogen-bond acceptors (Lipinski definition) is 3. The highest BCUT2D eigenvalue weighted by molar-refractivity contribution is 7.88. The molecule has 1 heterocycles. The molecule has 1 aromatic rings. The fourth-order valence-corrected chi connectivity index (χ4v) is 5.04. The van der Waals surface area contributed by atoms with Gasteiger partial charge in [-0.1, -0.05) is 29.3 Å². The quantitative estimate of drug-likeness (QED) is 0.726. The zero-order chi connectivity index (χ0) is 18.6. The largest absolute Gasteiger partial charge is 0.343 e. The summed E-state index contributed by atoms with van der Waals surface area (Å²) in [5.74, 6) is -0.368. The molecule has 0 unspecified atom stereocenters. The number of rotatable bonds is 6. The third kappa shape index (κ3) is 5.09. The Morgan fingerprint density at radius 3 is 2.52 bits per heavy atom. The molecule has 0 aliphatic carbocycles. The molecule has 2 rings (SSSR count). The maximum absolute atomic E-state index is 12.8. The number of hydrogen-bond donors (Lipinski definition) is 0. The summed E-state index contributed by atoms with van der Waals surface area (Å²) in [7, 11) is -3.51. The summed E-state index contributed by atoms with van der Waals surface area (Å²) in [6, 6.07) is 4.83. The second kappa shape index (κ2) is 8.71. The lowest BCUT2D eigenvalue weighted by molar-refractivity contribution is -0.136. The van der Waals surface area contributed by atoms with Gasteiger partial charge < -0.3 is 4.90 Å². The highest BCUT2D eigenvalue weighted by Crippen LogP contribution is 2.26. The standard InChI is InChI=1S/C17H24Cl2N2O3S/c1-3-20(4-2)17(22)14-6-5-9-21(11-14)25(23,24)12-13-7-8-15(18)16(19)10-13/h7-8,10,14H,3-6,9,11-12H2,1-2H3/t14-/m1/s1. The molecule has 1 aliphatic rings. The predicted molar refractivity (Wildman–Crippen MR) is 101 cm³/mol. The predicted octanol–water partition coefficient (Wildman–Crippen LogP) is 3.40. The van der Waals surface area contributed by atoms with Crippen LogP contribution in [0.1, 0.15) is 32.3 Å². The third-order valence-electron chi connectivity index (χ3n) is 4.53. The van der Waals surface area contributed by atoms with Crippen LogP contribution < -0.4 is 0 Å². The Labute approximate surface area is 159 Å². The SMILES string of the molecule is CCN(CC)C(=O)[C@@H]1CCCN(S(=O)(=O)Cc2ccc(Cl)c(Cl)c2)C1. The van der Waals surface area contributed by atoms with Crippen molar-refractivity contribution in [1.29, 1.82) is 0 Å². The van der Waals surface area contributed by atoms with Crippen LogP contribution in [0.2, 0.25) is 10.0 Å². The monoisotopic (exact) mass is 406 g/mol. The van der Waals surface area contributed by atoms with Gasteiger partial charge in [0.25, 0.3) is 0 Å². The van der Waals surface area contributed by atoms with Gasteiger partial charge in [0.15, 0.2) is 0 Å². The van der Waals surface area contributed by atoms with E-state index in [2.05, 4.69) is 0 Å². The number of carbonyl (C=O) groups excluding carboxylic acids is 1. The molecule has 1 fully saturated rings. The molecule has 0 radical (unpaired) electrons. The van der Waals surface area contributed by atoms with Crippen molar-refractivity contribution < 1.29 is 13.2 Å². The van der Waals surface area contributed by atoms with Crippen molar-refractivity contribution in [3.8, 4) is 0 Å². The third-order valence-corrected chi connectivity index (χ3v) is 7.09. The minimum absolute atomic E-state index is 0.0411. The second-order valence-corrected chi connectivity index (χ2v) is 9.00. The summed E-state index contributed by atoms with van der Waals surface area (Å²) in [5, 5.41) is 0.730. The van der Waals surface area contributed by atoms with Crippen LogP contribution in [-0.2, 0) is 20.6 Å². The van der Waals surface area contributed by atoms with Gasteiger partial charge in [-0.25, -0.2) is 12.7 Å². The van der Waals surface area contributed by atoms with Crippen LogP contribution >= 0.6 is 23.2 Å². The first-order chi connectivity index (χ1) is 11.8. The highest BCUT2D eigenvalue weighted by atomic mass is 35.5. The molecule has 1 saturated heterocycles. The van der Waals surface area contributed by atoms with E-state index >= 15 is 0 Å². The van der Waals surface area contributed by atoms with E-state index < -0.39 is 10.0 Å². The van der Waals surface area contributed by atoms with Gasteiger partial charge in [-0.3, -0.25) is 4.79 Å². The first-order valence-electron chi connectivity index (χ1n) is 8.49. The Bertz CT molecular complexity index is 721. The Kier molecular flexibility index (Phi) is 7.14. The lowest BCUT2D eigenvalue weighted by Crippen LogP contribution is -2.46. The maximum Gasteiger partial charge on any atom is 0.226 e. The van der Waals surface area contributed by atoms with Crippen molar-refractivity contribution in [2.24, 2.45) is 5.92 Å². The Morgan fingerprint density at radius 1 is 1.24 bits per heavy atom. The molecule has 5 nitrogen and oxygen atoms in total. The van der Waals surface area contributed by atoms with Crippen LogP contribution in [-0.4, -0.2) is 49.7 Å². The van der Waals surface area contributed by atoms with Crippen molar-refractivity contribution in [3.63, 3.8) is 0 Å². The fraction of sp³-hybridized carbons (Fsp3) is 0.588. The summed E-state index contributed by atoms with van der Waals surface area (Å²) in [5.41, 5.74) is 0.589. The summed E-state index contributed by atoms with van der Waals surface area (Å²) in [4.78, 5) is 14.3. The van der Waals surface area contributed by atoms with Crippen LogP contribution in [0.3, 0.4) is 0 Å². The molecule has 1 amide bonds. The van der Waals surface area contributed by atoms with Crippen LogP contribution in [0, 0.1) is 5.92 Å². The molecular weight excluding hydrogens is 383 g/mol. The minimum atomic E-state index is -3.51. The lowest BCUT2D eigenvalue weighted by atomic mass is 9.98. The molecule has 0 spiro atoms. The summed E-state index contributed by atoms with van der Waals surface area (Å²) < 4.78 is 26.9. The van der Waals surface area contributed by atoms with Crippen molar-refractivity contribution in [3.05, 3.63) is 33.8 Å². The number of nitrogens with zero attached hydrogens (tertiary/aromatic N) is 2. The van der Waals surface area contributed by atoms with Crippen LogP contribution in [0.4, 0.5) is 0 Å². The normalized spacial score (nSPS) is 19.0. The van der Waals surface area contributed by atoms with Crippen molar-refractivity contribution >= 4 is 39.1 Å². The number of carbonyl (C=O) groups is 1. The van der Waals surface area contributed by atoms with E-state index in [9.17, 15) is 13.2 Å². The van der Waals surface area contributed by atoms with Gasteiger partial charge in [0, 0.05) is 26.2 Å². The van der Waals surface area contributed by atoms with Crippen molar-refractivity contribution in [1.82, 2.24) is 9.21 Å². The van der Waals surface area contributed by atoms with Crippen molar-refractivity contribution in [2.75, 3.05) is 26.2 Å². The average Bonchev–Trinajstić information content (AvgIpc) is 2.59. The van der Waals surface area contributed by atoms with E-state index in [1.165, 1.54) is 4.31 Å². The van der Waals surface area contributed by atoms with Gasteiger partial charge in [-0.2, -0.15) is 0 Å². The smallest absolute Gasteiger partial charge is 0.226 e. The molecule has 0 saturated carbocycles. The Hall–Kier alpha value is -0.820. The molecule has 0 bridgehead atoms. The highest BCUT2D eigenvalue weighted by Gasteiger charge is 2.33. The number of amides is 1. The molecule has 8 heteroatoms. The van der Waals surface area contributed by atoms with Crippen LogP contribution in [0.25, 0.3) is 0 Å². The van der Waals surface area contributed by atoms with Crippen LogP contribution in [0.15, 0.2) is 18.2 Å². The van der Waals surface area contributed by atoms with Gasteiger partial charge in [-0.05, 0) is 44.4 Å². The molecular formula is C17H24Cl2N2O3S. The van der Waals surface area contributed by atoms with Gasteiger partial charge in [0.1, 0.15) is 0 Å². The minimum Gasteiger partial charge on any atom is -0.343 e. The fourth-order valence-electron chi connectivity index (χ4n) is 3.12. The Morgan fingerprint density at radius 2 is 1.92 bits per heavy atom. The summed E-state index contributed by atoms with van der Waals surface area (Å²) >= 11 is 11.8. The van der Waals surface area contributed by atoms with E-state index in [0.29, 0.717) is 41.7 Å². The number of sulfonamides is 1. The average molecular weight is 407 g/mol. The molecule has 1 aliphatic heterocycles. The van der Waals surface area contributed by atoms with Gasteiger partial charge in [0.05, 0.1) is 21.7 Å². The Balaban J connectivity index is 2.10. The van der Waals surface area contributed by atoms with Crippen LogP contribution in [0.5, 0.6) is 0 Å². The molecule has 0 N–H and O–H groups in total. The summed E-state index contributed by atoms with van der Waals surface area (Å²) in [6.45, 7) is 5.85. The molecule has 140 valence electrons. The zero-order valence-electron chi connectivity index (χ0n) is 14.5. The van der Waals surface area contributed by atoms with Gasteiger partial charge in [-0.15, -0.1) is 0 Å². The molecule has 1 aromatic carbocycles. The lowest BCUT2D eigenvalue weighted by Gasteiger charge is -2.33. The van der Waals surface area contributed by atoms with E-state index in [-0.39, 0.29) is 24.1 Å². The molecule has 25 heavy (non-hydrogen) atoms. The second-order valence-electron chi connectivity index (χ2n) is 6.21. The van der Waals surface area contributed by atoms with E-state index in [1.807, 2.05) is 13.8 Å². The molecule has 0 aromatic heterocycles. The van der Waals surface area contributed by atoms with E-state index in [0.717, 1.165) is 6.42 Å². The first-order valence-corrected chi connectivity index (χ1v) is 10.9. The summed E-state index contributed by atoms with van der Waals surface area (Å²) in [6.07, 6.45) is 1.42. The maximum atomic E-state index is 12.8. The number of piperidine rings is 1. The topological polar surface area (TPSA) is 57.7 Å². The first kappa shape index (κ1) is 20.5.